The maximum atomic E-state index is 13.2. The molecule has 2 amide bonds. The summed E-state index contributed by atoms with van der Waals surface area (Å²) >= 11 is 5.90. The normalized spacial score (nSPS) is 13.0. The monoisotopic (exact) mass is 392 g/mol. The van der Waals surface area contributed by atoms with Gasteiger partial charge in [0.2, 0.25) is 5.91 Å². The zero-order valence-electron chi connectivity index (χ0n) is 15.2. The molecule has 0 saturated heterocycles. The molecule has 0 unspecified atom stereocenters. The first kappa shape index (κ1) is 18.1. The molecule has 2 aromatic carbocycles. The van der Waals surface area contributed by atoms with Gasteiger partial charge in [-0.15, -0.1) is 11.6 Å². The van der Waals surface area contributed by atoms with Gasteiger partial charge < -0.3 is 4.90 Å². The lowest BCUT2D eigenvalue weighted by atomic mass is 10.2. The van der Waals surface area contributed by atoms with Crippen LogP contribution in [0.2, 0.25) is 0 Å². The van der Waals surface area contributed by atoms with Gasteiger partial charge in [0.05, 0.1) is 11.4 Å². The highest BCUT2D eigenvalue weighted by Gasteiger charge is 2.34. The molecule has 0 aliphatic carbocycles. The van der Waals surface area contributed by atoms with Crippen molar-refractivity contribution in [2.45, 2.75) is 6.92 Å². The Morgan fingerprint density at radius 1 is 1.04 bits per heavy atom. The highest BCUT2D eigenvalue weighted by molar-refractivity contribution is 6.31. The number of amides is 2. The van der Waals surface area contributed by atoms with Gasteiger partial charge in [-0.2, -0.15) is 0 Å². The first-order valence-corrected chi connectivity index (χ1v) is 9.41. The molecule has 2 heterocycles. The Hall–Kier alpha value is -3.25. The summed E-state index contributed by atoms with van der Waals surface area (Å²) in [5, 5.41) is 0. The van der Waals surface area contributed by atoms with Crippen LogP contribution in [0.3, 0.4) is 0 Å². The number of halogens is 1. The highest BCUT2D eigenvalue weighted by atomic mass is 35.5. The van der Waals surface area contributed by atoms with E-state index in [1.165, 1.54) is 11.1 Å². The molecule has 0 N–H and O–H groups in total. The zero-order chi connectivity index (χ0) is 19.7. The lowest BCUT2D eigenvalue weighted by Crippen LogP contribution is -2.30. The zero-order valence-corrected chi connectivity index (χ0v) is 15.9. The van der Waals surface area contributed by atoms with E-state index in [-0.39, 0.29) is 29.1 Å². The highest BCUT2D eigenvalue weighted by Crippen LogP contribution is 2.40. The summed E-state index contributed by atoms with van der Waals surface area (Å²) in [6, 6.07) is 16.6. The fraction of sp³-hybridized carbons (Fsp3) is 0.143. The quantitative estimate of drug-likeness (QED) is 0.631. The van der Waals surface area contributed by atoms with Crippen molar-refractivity contribution in [2.75, 3.05) is 22.2 Å². The molecule has 0 saturated carbocycles. The number of benzene rings is 2. The van der Waals surface area contributed by atoms with Crippen LogP contribution in [0.5, 0.6) is 0 Å². The van der Waals surface area contributed by atoms with Crippen LogP contribution in [0.15, 0.2) is 60.8 Å². The molecule has 0 bridgehead atoms. The van der Waals surface area contributed by atoms with Crippen LogP contribution in [0.4, 0.5) is 17.2 Å². The molecule has 1 aliphatic rings. The van der Waals surface area contributed by atoms with Crippen molar-refractivity contribution in [3.05, 3.63) is 66.4 Å². The molecule has 1 aromatic heterocycles. The molecule has 4 rings (SSSR count). The van der Waals surface area contributed by atoms with E-state index >= 15 is 0 Å². The number of aromatic nitrogens is 2. The van der Waals surface area contributed by atoms with Crippen molar-refractivity contribution >= 4 is 40.6 Å². The average Bonchev–Trinajstić information content (AvgIpc) is 2.85. The molecule has 7 heteroatoms. The van der Waals surface area contributed by atoms with Crippen LogP contribution in [0, 0.1) is 0 Å². The molecular formula is C21H17ClN4O2. The number of alkyl halides is 1. The molecule has 6 nitrogen and oxygen atoms in total. The Labute approximate surface area is 167 Å². The van der Waals surface area contributed by atoms with Gasteiger partial charge in [-0.1, -0.05) is 42.5 Å². The smallest absolute Gasteiger partial charge is 0.263 e. The first-order chi connectivity index (χ1) is 13.7. The summed E-state index contributed by atoms with van der Waals surface area (Å²) in [5.74, 6) is -0.179. The van der Waals surface area contributed by atoms with Gasteiger partial charge in [-0.3, -0.25) is 14.5 Å². The molecule has 0 atom stereocenters. The Balaban J connectivity index is 2.00. The molecule has 140 valence electrons. The van der Waals surface area contributed by atoms with Gasteiger partial charge >= 0.3 is 0 Å². The molecule has 3 aromatic rings. The predicted molar refractivity (Wildman–Crippen MR) is 109 cm³/mol. The van der Waals surface area contributed by atoms with Crippen molar-refractivity contribution in [1.82, 2.24) is 9.97 Å². The number of carbonyl (C=O) groups excluding carboxylic acids is 2. The van der Waals surface area contributed by atoms with Crippen LogP contribution in [0.25, 0.3) is 11.4 Å². The van der Waals surface area contributed by atoms with Crippen LogP contribution in [-0.2, 0) is 4.79 Å². The van der Waals surface area contributed by atoms with Gasteiger partial charge in [0.1, 0.15) is 11.4 Å². The van der Waals surface area contributed by atoms with Crippen molar-refractivity contribution in [3.63, 3.8) is 0 Å². The molecule has 0 spiro atoms. The van der Waals surface area contributed by atoms with E-state index in [2.05, 4.69) is 9.97 Å². The third-order valence-corrected chi connectivity index (χ3v) is 4.81. The lowest BCUT2D eigenvalue weighted by Gasteiger charge is -2.24. The number of para-hydroxylation sites is 2. The second kappa shape index (κ2) is 7.40. The first-order valence-electron chi connectivity index (χ1n) is 8.88. The SMILES string of the molecule is CCN1C(=O)c2cnc(-c3ccccc3)nc2N(C(=O)CCl)c2ccccc21. The largest absolute Gasteiger partial charge is 0.306 e. The van der Waals surface area contributed by atoms with Crippen molar-refractivity contribution in [3.8, 4) is 11.4 Å². The minimum atomic E-state index is -0.362. The fourth-order valence-corrected chi connectivity index (χ4v) is 3.42. The second-order valence-corrected chi connectivity index (χ2v) is 6.47. The third-order valence-electron chi connectivity index (χ3n) is 4.58. The van der Waals surface area contributed by atoms with Gasteiger partial charge in [0.15, 0.2) is 11.6 Å². The minimum Gasteiger partial charge on any atom is -0.306 e. The van der Waals surface area contributed by atoms with Crippen LogP contribution in [0.1, 0.15) is 17.3 Å². The van der Waals surface area contributed by atoms with E-state index in [0.717, 1.165) is 5.56 Å². The summed E-state index contributed by atoms with van der Waals surface area (Å²) in [4.78, 5) is 38.0. The van der Waals surface area contributed by atoms with Crippen LogP contribution < -0.4 is 9.80 Å². The number of anilines is 3. The third kappa shape index (κ3) is 2.92. The Kier molecular flexibility index (Phi) is 4.79. The van der Waals surface area contributed by atoms with Crippen LogP contribution >= 0.6 is 11.6 Å². The number of nitrogens with zero attached hydrogens (tertiary/aromatic N) is 4. The summed E-state index contributed by atoms with van der Waals surface area (Å²) in [6.07, 6.45) is 1.48. The van der Waals surface area contributed by atoms with E-state index in [1.54, 1.807) is 11.0 Å². The summed E-state index contributed by atoms with van der Waals surface area (Å²) < 4.78 is 0. The van der Waals surface area contributed by atoms with Gasteiger partial charge in [0.25, 0.3) is 5.91 Å². The minimum absolute atomic E-state index is 0.237. The number of hydrogen-bond acceptors (Lipinski definition) is 4. The lowest BCUT2D eigenvalue weighted by molar-refractivity contribution is -0.115. The molecule has 1 aliphatic heterocycles. The van der Waals surface area contributed by atoms with E-state index in [1.807, 2.05) is 55.5 Å². The Morgan fingerprint density at radius 3 is 2.39 bits per heavy atom. The van der Waals surface area contributed by atoms with E-state index in [0.29, 0.717) is 23.7 Å². The van der Waals surface area contributed by atoms with Crippen molar-refractivity contribution in [1.29, 1.82) is 0 Å². The second-order valence-electron chi connectivity index (χ2n) is 6.20. The molecule has 0 radical (unpaired) electrons. The molecular weight excluding hydrogens is 376 g/mol. The number of carbonyl (C=O) groups is 2. The Bertz CT molecular complexity index is 1060. The van der Waals surface area contributed by atoms with E-state index in [9.17, 15) is 9.59 Å². The fourth-order valence-electron chi connectivity index (χ4n) is 3.30. The summed E-state index contributed by atoms with van der Waals surface area (Å²) in [6.45, 7) is 2.32. The van der Waals surface area contributed by atoms with Crippen LogP contribution in [-0.4, -0.2) is 34.2 Å². The molecule has 0 fully saturated rings. The standard InChI is InChI=1S/C21H17ClN4O2/c1-2-25-16-10-6-7-11-17(16)26(18(27)12-22)20-15(21(25)28)13-23-19(24-20)14-8-4-3-5-9-14/h3-11,13H,2,12H2,1H3. The summed E-state index contributed by atoms with van der Waals surface area (Å²) in [7, 11) is 0. The average molecular weight is 393 g/mol. The maximum Gasteiger partial charge on any atom is 0.263 e. The van der Waals surface area contributed by atoms with Gasteiger partial charge in [-0.05, 0) is 19.1 Å². The maximum absolute atomic E-state index is 13.2. The van der Waals surface area contributed by atoms with Crippen molar-refractivity contribution in [2.24, 2.45) is 0 Å². The molecule has 28 heavy (non-hydrogen) atoms. The van der Waals surface area contributed by atoms with E-state index < -0.39 is 0 Å². The summed E-state index contributed by atoms with van der Waals surface area (Å²) in [5.41, 5.74) is 2.25. The number of fused-ring (bicyclic) bond motifs is 2. The van der Waals surface area contributed by atoms with Crippen molar-refractivity contribution < 1.29 is 9.59 Å². The topological polar surface area (TPSA) is 66.4 Å². The Morgan fingerprint density at radius 2 is 1.71 bits per heavy atom. The predicted octanol–water partition coefficient (Wildman–Crippen LogP) is 4.03. The number of rotatable bonds is 3. The van der Waals surface area contributed by atoms with Gasteiger partial charge in [0, 0.05) is 18.3 Å². The van der Waals surface area contributed by atoms with Gasteiger partial charge in [-0.25, -0.2) is 9.97 Å². The van der Waals surface area contributed by atoms with E-state index in [4.69, 9.17) is 11.6 Å². The number of hydrogen-bond donors (Lipinski definition) is 0.